The SMILES string of the molecule is Cl.NC1CCc2ccc(Oc3cccc4cccc(F)c34)cc2C1C(=O)O. The molecule has 3 aromatic carbocycles. The van der Waals surface area contributed by atoms with Crippen molar-refractivity contribution in [3.63, 3.8) is 0 Å². The van der Waals surface area contributed by atoms with E-state index in [-0.39, 0.29) is 18.2 Å². The molecule has 4 rings (SSSR count). The minimum absolute atomic E-state index is 0. The highest BCUT2D eigenvalue weighted by atomic mass is 35.5. The van der Waals surface area contributed by atoms with E-state index in [1.165, 1.54) is 6.07 Å². The number of nitrogens with two attached hydrogens (primary N) is 1. The molecule has 6 heteroatoms. The largest absolute Gasteiger partial charge is 0.481 e. The summed E-state index contributed by atoms with van der Waals surface area (Å²) in [5.41, 5.74) is 7.66. The number of carboxylic acid groups (broad SMARTS) is 1. The summed E-state index contributed by atoms with van der Waals surface area (Å²) < 4.78 is 20.2. The Balaban J connectivity index is 0.00000210. The van der Waals surface area contributed by atoms with Gasteiger partial charge in [0.15, 0.2) is 0 Å². The zero-order valence-electron chi connectivity index (χ0n) is 14.4. The molecule has 0 saturated heterocycles. The highest BCUT2D eigenvalue weighted by Gasteiger charge is 2.33. The fourth-order valence-electron chi connectivity index (χ4n) is 3.66. The monoisotopic (exact) mass is 387 g/mol. The average Bonchev–Trinajstić information content (AvgIpc) is 2.61. The number of carboxylic acids is 1. The van der Waals surface area contributed by atoms with Crippen molar-refractivity contribution in [1.29, 1.82) is 0 Å². The lowest BCUT2D eigenvalue weighted by Crippen LogP contribution is -2.37. The molecule has 27 heavy (non-hydrogen) atoms. The van der Waals surface area contributed by atoms with Crippen LogP contribution in [0.3, 0.4) is 0 Å². The van der Waals surface area contributed by atoms with Crippen molar-refractivity contribution in [2.75, 3.05) is 0 Å². The standard InChI is InChI=1S/C21H18FNO3.ClH/c22-16-5-1-3-13-4-2-6-18(19(13)16)26-14-9-7-12-8-10-17(23)20(21(24)25)15(12)11-14;/h1-7,9,11,17,20H,8,10,23H2,(H,24,25);1H. The molecule has 0 bridgehead atoms. The van der Waals surface area contributed by atoms with E-state index < -0.39 is 17.9 Å². The van der Waals surface area contributed by atoms with Crippen LogP contribution < -0.4 is 10.5 Å². The number of rotatable bonds is 3. The number of carbonyl (C=O) groups is 1. The molecule has 0 amide bonds. The van der Waals surface area contributed by atoms with Crippen LogP contribution in [-0.4, -0.2) is 17.1 Å². The van der Waals surface area contributed by atoms with Gasteiger partial charge in [0.25, 0.3) is 0 Å². The zero-order chi connectivity index (χ0) is 18.3. The molecule has 0 spiro atoms. The second-order valence-corrected chi connectivity index (χ2v) is 6.58. The predicted octanol–water partition coefficient (Wildman–Crippen LogP) is 4.63. The van der Waals surface area contributed by atoms with Gasteiger partial charge >= 0.3 is 5.97 Å². The summed E-state index contributed by atoms with van der Waals surface area (Å²) >= 11 is 0. The topological polar surface area (TPSA) is 72.5 Å². The number of benzene rings is 3. The van der Waals surface area contributed by atoms with E-state index in [2.05, 4.69) is 0 Å². The van der Waals surface area contributed by atoms with Gasteiger partial charge in [-0.05, 0) is 53.6 Å². The Labute approximate surface area is 162 Å². The summed E-state index contributed by atoms with van der Waals surface area (Å²) in [4.78, 5) is 11.6. The van der Waals surface area contributed by atoms with Gasteiger partial charge in [-0.2, -0.15) is 0 Å². The van der Waals surface area contributed by atoms with Gasteiger partial charge in [0, 0.05) is 6.04 Å². The van der Waals surface area contributed by atoms with E-state index in [0.717, 1.165) is 17.4 Å². The number of halogens is 2. The number of aryl methyl sites for hydroxylation is 1. The molecule has 1 aliphatic rings. The third kappa shape index (κ3) is 3.48. The zero-order valence-corrected chi connectivity index (χ0v) is 15.2. The van der Waals surface area contributed by atoms with Gasteiger partial charge in [-0.15, -0.1) is 12.4 Å². The normalized spacial score (nSPS) is 18.4. The summed E-state index contributed by atoms with van der Waals surface area (Å²) in [5, 5.41) is 10.7. The van der Waals surface area contributed by atoms with E-state index in [0.29, 0.717) is 28.9 Å². The molecule has 0 fully saturated rings. The maximum atomic E-state index is 14.3. The Bertz CT molecular complexity index is 1000. The molecule has 2 atom stereocenters. The highest BCUT2D eigenvalue weighted by molar-refractivity contribution is 5.89. The first-order valence-corrected chi connectivity index (χ1v) is 8.51. The van der Waals surface area contributed by atoms with Crippen LogP contribution >= 0.6 is 12.4 Å². The number of hydrogen-bond donors (Lipinski definition) is 2. The lowest BCUT2D eigenvalue weighted by molar-refractivity contribution is -0.139. The Morgan fingerprint density at radius 2 is 1.89 bits per heavy atom. The lowest BCUT2D eigenvalue weighted by Gasteiger charge is -2.28. The lowest BCUT2D eigenvalue weighted by atomic mass is 9.79. The molecule has 1 aliphatic carbocycles. The highest BCUT2D eigenvalue weighted by Crippen LogP contribution is 2.37. The molecule has 3 N–H and O–H groups in total. The maximum absolute atomic E-state index is 14.3. The fraction of sp³-hybridized carbons (Fsp3) is 0.190. The summed E-state index contributed by atoms with van der Waals surface area (Å²) in [6.07, 6.45) is 1.38. The quantitative estimate of drug-likeness (QED) is 0.687. The second-order valence-electron chi connectivity index (χ2n) is 6.58. The predicted molar refractivity (Wildman–Crippen MR) is 104 cm³/mol. The molecule has 0 saturated carbocycles. The summed E-state index contributed by atoms with van der Waals surface area (Å²) in [7, 11) is 0. The Hall–Kier alpha value is -2.63. The summed E-state index contributed by atoms with van der Waals surface area (Å²) in [5.74, 6) is -1.19. The van der Waals surface area contributed by atoms with Gasteiger partial charge in [0.2, 0.25) is 0 Å². The van der Waals surface area contributed by atoms with E-state index in [1.807, 2.05) is 18.2 Å². The maximum Gasteiger partial charge on any atom is 0.312 e. The minimum Gasteiger partial charge on any atom is -0.481 e. The van der Waals surface area contributed by atoms with Crippen LogP contribution in [0.15, 0.2) is 54.6 Å². The van der Waals surface area contributed by atoms with E-state index in [9.17, 15) is 14.3 Å². The van der Waals surface area contributed by atoms with Crippen LogP contribution in [0.2, 0.25) is 0 Å². The number of hydrogen-bond acceptors (Lipinski definition) is 3. The molecule has 0 aliphatic heterocycles. The fourth-order valence-corrected chi connectivity index (χ4v) is 3.66. The van der Waals surface area contributed by atoms with Crippen molar-refractivity contribution >= 4 is 29.1 Å². The molecule has 2 unspecified atom stereocenters. The molecule has 3 aromatic rings. The first-order valence-electron chi connectivity index (χ1n) is 8.51. The third-order valence-electron chi connectivity index (χ3n) is 4.94. The Morgan fingerprint density at radius 1 is 1.15 bits per heavy atom. The summed E-state index contributed by atoms with van der Waals surface area (Å²) in [6.45, 7) is 0. The van der Waals surface area contributed by atoms with Gasteiger partial charge in [-0.25, -0.2) is 4.39 Å². The molecular formula is C21H19ClFNO3. The van der Waals surface area contributed by atoms with E-state index in [1.54, 1.807) is 30.3 Å². The molecule has 4 nitrogen and oxygen atoms in total. The summed E-state index contributed by atoms with van der Waals surface area (Å²) in [6, 6.07) is 15.1. The smallest absolute Gasteiger partial charge is 0.312 e. The van der Waals surface area contributed by atoms with Gasteiger partial charge in [-0.1, -0.05) is 30.3 Å². The first-order chi connectivity index (χ1) is 12.5. The Kier molecular flexibility index (Phi) is 5.35. The van der Waals surface area contributed by atoms with Crippen molar-refractivity contribution in [1.82, 2.24) is 0 Å². The van der Waals surface area contributed by atoms with Gasteiger partial charge in [0.1, 0.15) is 17.3 Å². The van der Waals surface area contributed by atoms with Crippen molar-refractivity contribution in [3.8, 4) is 11.5 Å². The molecule has 0 heterocycles. The minimum atomic E-state index is -0.938. The van der Waals surface area contributed by atoms with Crippen LogP contribution in [0, 0.1) is 5.82 Å². The number of fused-ring (bicyclic) bond motifs is 2. The van der Waals surface area contributed by atoms with Crippen LogP contribution in [0.1, 0.15) is 23.5 Å². The van der Waals surface area contributed by atoms with Crippen molar-refractivity contribution in [2.45, 2.75) is 24.8 Å². The first kappa shape index (κ1) is 19.1. The van der Waals surface area contributed by atoms with Gasteiger partial charge in [0.05, 0.1) is 11.3 Å². The van der Waals surface area contributed by atoms with Crippen LogP contribution in [0.5, 0.6) is 11.5 Å². The Morgan fingerprint density at radius 3 is 2.63 bits per heavy atom. The van der Waals surface area contributed by atoms with Crippen LogP contribution in [-0.2, 0) is 11.2 Å². The van der Waals surface area contributed by atoms with Gasteiger partial charge < -0.3 is 15.6 Å². The van der Waals surface area contributed by atoms with Crippen molar-refractivity contribution in [3.05, 3.63) is 71.5 Å². The third-order valence-corrected chi connectivity index (χ3v) is 4.94. The molecule has 0 aromatic heterocycles. The molecule has 140 valence electrons. The van der Waals surface area contributed by atoms with E-state index >= 15 is 0 Å². The number of ether oxygens (including phenoxy) is 1. The average molecular weight is 388 g/mol. The van der Waals surface area contributed by atoms with Crippen LogP contribution in [0.4, 0.5) is 4.39 Å². The van der Waals surface area contributed by atoms with Gasteiger partial charge in [-0.3, -0.25) is 4.79 Å². The second kappa shape index (κ2) is 7.55. The van der Waals surface area contributed by atoms with Crippen molar-refractivity contribution in [2.24, 2.45) is 5.73 Å². The molecule has 0 radical (unpaired) electrons. The molecular weight excluding hydrogens is 369 g/mol. The van der Waals surface area contributed by atoms with E-state index in [4.69, 9.17) is 10.5 Å². The van der Waals surface area contributed by atoms with Crippen molar-refractivity contribution < 1.29 is 19.0 Å². The van der Waals surface area contributed by atoms with Crippen LogP contribution in [0.25, 0.3) is 10.8 Å². The number of aliphatic carboxylic acids is 1.